The zero-order valence-corrected chi connectivity index (χ0v) is 15.5. The first kappa shape index (κ1) is 19.9. The summed E-state index contributed by atoms with van der Waals surface area (Å²) in [5.74, 6) is -0.0399. The van der Waals surface area contributed by atoms with Gasteiger partial charge in [0.25, 0.3) is 5.91 Å². The molecule has 140 valence electrons. The van der Waals surface area contributed by atoms with Crippen molar-refractivity contribution in [1.29, 1.82) is 0 Å². The second kappa shape index (κ2) is 9.33. The van der Waals surface area contributed by atoms with E-state index in [4.69, 9.17) is 4.74 Å². The molecule has 2 amide bonds. The summed E-state index contributed by atoms with van der Waals surface area (Å²) in [4.78, 5) is 35.4. The van der Waals surface area contributed by atoms with Gasteiger partial charge in [-0.25, -0.2) is 0 Å². The molecule has 0 aliphatic heterocycles. The number of Topliss-reactive ketones (excluding diaryl/α,β-unsaturated/α-hetero) is 1. The molecule has 27 heavy (non-hydrogen) atoms. The van der Waals surface area contributed by atoms with Crippen molar-refractivity contribution < 1.29 is 19.1 Å². The average molecular weight is 366 g/mol. The molecule has 0 radical (unpaired) electrons. The first-order valence-electron chi connectivity index (χ1n) is 8.40. The molecule has 2 aromatic rings. The molecule has 0 atom stereocenters. The monoisotopic (exact) mass is 366 g/mol. The maximum atomic E-state index is 12.2. The van der Waals surface area contributed by atoms with Gasteiger partial charge in [-0.3, -0.25) is 14.4 Å². The Bertz CT molecular complexity index is 853. The van der Waals surface area contributed by atoms with Gasteiger partial charge in [0.15, 0.2) is 5.78 Å². The van der Waals surface area contributed by atoms with Crippen LogP contribution in [-0.4, -0.2) is 24.7 Å². The zero-order chi connectivity index (χ0) is 19.8. The van der Waals surface area contributed by atoms with Crippen LogP contribution < -0.4 is 15.4 Å². The van der Waals surface area contributed by atoms with E-state index in [-0.39, 0.29) is 23.2 Å². The highest BCUT2D eigenvalue weighted by atomic mass is 16.5. The van der Waals surface area contributed by atoms with Crippen LogP contribution in [0.4, 0.5) is 5.69 Å². The molecule has 0 heterocycles. The maximum Gasteiger partial charge on any atom is 0.251 e. The molecule has 0 fully saturated rings. The number of ether oxygens (including phenoxy) is 1. The van der Waals surface area contributed by atoms with Crippen LogP contribution in [-0.2, 0) is 16.1 Å². The second-order valence-corrected chi connectivity index (χ2v) is 5.98. The molecule has 0 aliphatic rings. The maximum absolute atomic E-state index is 12.2. The third-order valence-electron chi connectivity index (χ3n) is 3.88. The number of rotatable bonds is 7. The molecule has 0 bridgehead atoms. The molecule has 0 saturated carbocycles. The minimum atomic E-state index is -0.384. The molecule has 2 rings (SSSR count). The van der Waals surface area contributed by atoms with Crippen molar-refractivity contribution in [3.05, 3.63) is 71.3 Å². The van der Waals surface area contributed by atoms with E-state index in [0.29, 0.717) is 17.8 Å². The van der Waals surface area contributed by atoms with Gasteiger partial charge in [0.05, 0.1) is 7.11 Å². The highest BCUT2D eigenvalue weighted by molar-refractivity contribution is 6.07. The Morgan fingerprint density at radius 3 is 2.15 bits per heavy atom. The standard InChI is InChI=1S/C21H22N2O4/c1-14(21(26)23-18-8-6-17(7-9-18)15(2)24)12-20(25)22-13-16-4-10-19(27-3)11-5-16/h4-12H,13H2,1-3H3,(H,22,25)(H,23,26)/b14-12-. The van der Waals surface area contributed by atoms with Gasteiger partial charge in [0, 0.05) is 29.4 Å². The van der Waals surface area contributed by atoms with Gasteiger partial charge in [-0.1, -0.05) is 12.1 Å². The highest BCUT2D eigenvalue weighted by Gasteiger charge is 2.08. The van der Waals surface area contributed by atoms with Crippen LogP contribution in [0, 0.1) is 0 Å². The molecule has 0 spiro atoms. The molecule has 2 aromatic carbocycles. The summed E-state index contributed by atoms with van der Waals surface area (Å²) in [6, 6.07) is 13.9. The van der Waals surface area contributed by atoms with Crippen LogP contribution in [0.1, 0.15) is 29.8 Å². The number of methoxy groups -OCH3 is 1. The molecular weight excluding hydrogens is 344 g/mol. The number of amides is 2. The zero-order valence-electron chi connectivity index (χ0n) is 15.5. The Labute approximate surface area is 158 Å². The van der Waals surface area contributed by atoms with Crippen molar-refractivity contribution in [2.45, 2.75) is 20.4 Å². The predicted octanol–water partition coefficient (Wildman–Crippen LogP) is 3.10. The van der Waals surface area contributed by atoms with Crippen molar-refractivity contribution in [2.24, 2.45) is 0 Å². The van der Waals surface area contributed by atoms with Crippen molar-refractivity contribution in [2.75, 3.05) is 12.4 Å². The van der Waals surface area contributed by atoms with Crippen LogP contribution in [0.25, 0.3) is 0 Å². The van der Waals surface area contributed by atoms with E-state index in [1.165, 1.54) is 13.0 Å². The van der Waals surface area contributed by atoms with Crippen LogP contribution in [0.5, 0.6) is 5.75 Å². The van der Waals surface area contributed by atoms with Crippen molar-refractivity contribution >= 4 is 23.3 Å². The number of benzene rings is 2. The molecular formula is C21H22N2O4. The van der Waals surface area contributed by atoms with E-state index in [2.05, 4.69) is 10.6 Å². The fourth-order valence-electron chi connectivity index (χ4n) is 2.26. The summed E-state index contributed by atoms with van der Waals surface area (Å²) < 4.78 is 5.08. The highest BCUT2D eigenvalue weighted by Crippen LogP contribution is 2.12. The molecule has 2 N–H and O–H groups in total. The Balaban J connectivity index is 1.89. The fourth-order valence-corrected chi connectivity index (χ4v) is 2.26. The number of carbonyl (C=O) groups excluding carboxylic acids is 3. The lowest BCUT2D eigenvalue weighted by Crippen LogP contribution is -2.22. The van der Waals surface area contributed by atoms with Crippen LogP contribution in [0.3, 0.4) is 0 Å². The summed E-state index contributed by atoms with van der Waals surface area (Å²) >= 11 is 0. The third kappa shape index (κ3) is 6.11. The normalized spacial score (nSPS) is 10.9. The van der Waals surface area contributed by atoms with Gasteiger partial charge in [-0.05, 0) is 55.8 Å². The SMILES string of the molecule is COc1ccc(CNC(=O)/C=C(/C)C(=O)Nc2ccc(C(C)=O)cc2)cc1. The van der Waals surface area contributed by atoms with Crippen molar-refractivity contribution in [3.63, 3.8) is 0 Å². The summed E-state index contributed by atoms with van der Waals surface area (Å²) in [6.07, 6.45) is 1.25. The summed E-state index contributed by atoms with van der Waals surface area (Å²) in [6.45, 7) is 3.39. The molecule has 0 unspecified atom stereocenters. The number of hydrogen-bond acceptors (Lipinski definition) is 4. The van der Waals surface area contributed by atoms with Crippen LogP contribution in [0.15, 0.2) is 60.2 Å². The summed E-state index contributed by atoms with van der Waals surface area (Å²) in [5.41, 5.74) is 2.32. The first-order chi connectivity index (χ1) is 12.9. The quantitative estimate of drug-likeness (QED) is 0.582. The minimum Gasteiger partial charge on any atom is -0.497 e. The number of anilines is 1. The van der Waals surface area contributed by atoms with Gasteiger partial charge in [0.1, 0.15) is 5.75 Å². The minimum absolute atomic E-state index is 0.0440. The molecule has 6 heteroatoms. The fraction of sp³-hybridized carbons (Fsp3) is 0.190. The predicted molar refractivity (Wildman–Crippen MR) is 104 cm³/mol. The average Bonchev–Trinajstić information content (AvgIpc) is 2.67. The van der Waals surface area contributed by atoms with E-state index in [0.717, 1.165) is 11.3 Å². The number of nitrogens with one attached hydrogen (secondary N) is 2. The molecule has 0 aliphatic carbocycles. The van der Waals surface area contributed by atoms with E-state index >= 15 is 0 Å². The van der Waals surface area contributed by atoms with Gasteiger partial charge < -0.3 is 15.4 Å². The molecule has 0 saturated heterocycles. The van der Waals surface area contributed by atoms with Crippen molar-refractivity contribution in [3.8, 4) is 5.75 Å². The number of hydrogen-bond donors (Lipinski definition) is 2. The largest absolute Gasteiger partial charge is 0.497 e. The summed E-state index contributed by atoms with van der Waals surface area (Å²) in [7, 11) is 1.59. The van der Waals surface area contributed by atoms with Crippen LogP contribution >= 0.6 is 0 Å². The smallest absolute Gasteiger partial charge is 0.251 e. The van der Waals surface area contributed by atoms with Gasteiger partial charge in [0.2, 0.25) is 5.91 Å². The Hall–Kier alpha value is -3.41. The Kier molecular flexibility index (Phi) is 6.88. The Morgan fingerprint density at radius 2 is 1.59 bits per heavy atom. The third-order valence-corrected chi connectivity index (χ3v) is 3.88. The topological polar surface area (TPSA) is 84.5 Å². The summed E-state index contributed by atoms with van der Waals surface area (Å²) in [5, 5.41) is 5.42. The van der Waals surface area contributed by atoms with E-state index in [9.17, 15) is 14.4 Å². The van der Waals surface area contributed by atoms with Gasteiger partial charge in [-0.15, -0.1) is 0 Å². The second-order valence-electron chi connectivity index (χ2n) is 5.98. The number of carbonyl (C=O) groups is 3. The first-order valence-corrected chi connectivity index (χ1v) is 8.40. The van der Waals surface area contributed by atoms with E-state index in [1.54, 1.807) is 38.3 Å². The lowest BCUT2D eigenvalue weighted by atomic mass is 10.1. The molecule has 6 nitrogen and oxygen atoms in total. The van der Waals surface area contributed by atoms with Gasteiger partial charge in [-0.2, -0.15) is 0 Å². The Morgan fingerprint density at radius 1 is 0.963 bits per heavy atom. The lowest BCUT2D eigenvalue weighted by molar-refractivity contribution is -0.117. The van der Waals surface area contributed by atoms with Gasteiger partial charge >= 0.3 is 0 Å². The lowest BCUT2D eigenvalue weighted by Gasteiger charge is -2.07. The van der Waals surface area contributed by atoms with E-state index in [1.807, 2.05) is 24.3 Å². The number of ketones is 1. The van der Waals surface area contributed by atoms with Crippen LogP contribution in [0.2, 0.25) is 0 Å². The van der Waals surface area contributed by atoms with E-state index < -0.39 is 0 Å². The van der Waals surface area contributed by atoms with Crippen molar-refractivity contribution in [1.82, 2.24) is 5.32 Å². The molecule has 0 aromatic heterocycles.